The second-order valence-corrected chi connectivity index (χ2v) is 5.86. The molecule has 0 amide bonds. The molecule has 0 spiro atoms. The van der Waals surface area contributed by atoms with E-state index in [2.05, 4.69) is 48.5 Å². The number of thioether (sulfide) groups is 1. The third-order valence-electron chi connectivity index (χ3n) is 3.16. The molecule has 0 aliphatic carbocycles. The molecular formula is C17H20OS. The highest BCUT2D eigenvalue weighted by molar-refractivity contribution is 7.99. The Balaban J connectivity index is 1.77. The van der Waals surface area contributed by atoms with Crippen LogP contribution in [-0.2, 0) is 6.42 Å². The summed E-state index contributed by atoms with van der Waals surface area (Å²) in [6, 6.07) is 20.8. The van der Waals surface area contributed by atoms with E-state index in [0.717, 1.165) is 18.6 Å². The van der Waals surface area contributed by atoms with Crippen LogP contribution in [0.15, 0.2) is 65.6 Å². The van der Waals surface area contributed by atoms with E-state index < -0.39 is 0 Å². The Morgan fingerprint density at radius 3 is 2.16 bits per heavy atom. The summed E-state index contributed by atoms with van der Waals surface area (Å²) in [7, 11) is 0. The van der Waals surface area contributed by atoms with Crippen LogP contribution in [0.2, 0.25) is 0 Å². The molecule has 0 aliphatic heterocycles. The van der Waals surface area contributed by atoms with Crippen molar-refractivity contribution in [1.29, 1.82) is 0 Å². The van der Waals surface area contributed by atoms with Crippen LogP contribution in [-0.4, -0.2) is 17.5 Å². The van der Waals surface area contributed by atoms with Crippen LogP contribution in [0.3, 0.4) is 0 Å². The fourth-order valence-corrected chi connectivity index (χ4v) is 3.10. The summed E-state index contributed by atoms with van der Waals surface area (Å²) in [5.74, 6) is 1.42. The molecule has 0 saturated carbocycles. The minimum Gasteiger partial charge on any atom is -0.396 e. The number of aliphatic hydroxyl groups is 1. The standard InChI is InChI=1S/C17H20OS/c18-14-16(13-15-7-3-1-4-8-15)11-12-19-17-9-5-2-6-10-17/h1-10,16,18H,11-14H2. The smallest absolute Gasteiger partial charge is 0.0462 e. The van der Waals surface area contributed by atoms with E-state index in [-0.39, 0.29) is 6.61 Å². The SMILES string of the molecule is OCC(CCSc1ccccc1)Cc1ccccc1. The first kappa shape index (κ1) is 14.2. The highest BCUT2D eigenvalue weighted by atomic mass is 32.2. The van der Waals surface area contributed by atoms with Crippen LogP contribution in [0.5, 0.6) is 0 Å². The first-order valence-corrected chi connectivity index (χ1v) is 7.69. The van der Waals surface area contributed by atoms with Crippen LogP contribution < -0.4 is 0 Å². The lowest BCUT2D eigenvalue weighted by atomic mass is 9.98. The molecular weight excluding hydrogens is 252 g/mol. The van der Waals surface area contributed by atoms with Crippen molar-refractivity contribution in [2.75, 3.05) is 12.4 Å². The highest BCUT2D eigenvalue weighted by Crippen LogP contribution is 2.21. The van der Waals surface area contributed by atoms with Gasteiger partial charge in [-0.2, -0.15) is 0 Å². The van der Waals surface area contributed by atoms with E-state index in [1.165, 1.54) is 10.5 Å². The summed E-state index contributed by atoms with van der Waals surface area (Å²) < 4.78 is 0. The van der Waals surface area contributed by atoms with Gasteiger partial charge in [0.05, 0.1) is 0 Å². The van der Waals surface area contributed by atoms with Crippen molar-refractivity contribution in [1.82, 2.24) is 0 Å². The zero-order valence-electron chi connectivity index (χ0n) is 11.0. The molecule has 0 fully saturated rings. The predicted molar refractivity (Wildman–Crippen MR) is 82.5 cm³/mol. The second kappa shape index (κ2) is 8.03. The van der Waals surface area contributed by atoms with Crippen molar-refractivity contribution in [3.63, 3.8) is 0 Å². The summed E-state index contributed by atoms with van der Waals surface area (Å²) in [6.07, 6.45) is 2.01. The van der Waals surface area contributed by atoms with Crippen molar-refractivity contribution in [3.05, 3.63) is 66.2 Å². The molecule has 2 aromatic carbocycles. The average Bonchev–Trinajstić information content (AvgIpc) is 2.48. The van der Waals surface area contributed by atoms with Crippen LogP contribution in [0, 0.1) is 5.92 Å². The Kier molecular flexibility index (Phi) is 5.99. The fraction of sp³-hybridized carbons (Fsp3) is 0.294. The van der Waals surface area contributed by atoms with Crippen LogP contribution in [0.1, 0.15) is 12.0 Å². The largest absolute Gasteiger partial charge is 0.396 e. The van der Waals surface area contributed by atoms with E-state index in [1.54, 1.807) is 0 Å². The summed E-state index contributed by atoms with van der Waals surface area (Å²) in [5, 5.41) is 9.48. The lowest BCUT2D eigenvalue weighted by Crippen LogP contribution is -2.10. The molecule has 0 heterocycles. The molecule has 1 unspecified atom stereocenters. The Labute approximate surface area is 119 Å². The maximum absolute atomic E-state index is 9.48. The third kappa shape index (κ3) is 5.09. The maximum atomic E-state index is 9.48. The third-order valence-corrected chi connectivity index (χ3v) is 4.21. The highest BCUT2D eigenvalue weighted by Gasteiger charge is 2.08. The Morgan fingerprint density at radius 1 is 0.895 bits per heavy atom. The lowest BCUT2D eigenvalue weighted by Gasteiger charge is -2.13. The molecule has 0 bridgehead atoms. The van der Waals surface area contributed by atoms with Gasteiger partial charge in [-0.25, -0.2) is 0 Å². The van der Waals surface area contributed by atoms with E-state index in [1.807, 2.05) is 23.9 Å². The van der Waals surface area contributed by atoms with Gasteiger partial charge >= 0.3 is 0 Å². The predicted octanol–water partition coefficient (Wildman–Crippen LogP) is 4.02. The van der Waals surface area contributed by atoms with Crippen molar-refractivity contribution in [2.24, 2.45) is 5.92 Å². The molecule has 0 aliphatic rings. The minimum absolute atomic E-state index is 0.268. The van der Waals surface area contributed by atoms with Crippen molar-refractivity contribution in [3.8, 4) is 0 Å². The molecule has 0 radical (unpaired) electrons. The zero-order chi connectivity index (χ0) is 13.3. The topological polar surface area (TPSA) is 20.2 Å². The summed E-state index contributed by atoms with van der Waals surface area (Å²) in [6.45, 7) is 0.268. The molecule has 1 nitrogen and oxygen atoms in total. The van der Waals surface area contributed by atoms with Crippen LogP contribution >= 0.6 is 11.8 Å². The van der Waals surface area contributed by atoms with Gasteiger partial charge in [0, 0.05) is 11.5 Å². The quantitative estimate of drug-likeness (QED) is 0.768. The van der Waals surface area contributed by atoms with Crippen LogP contribution in [0.4, 0.5) is 0 Å². The first-order chi connectivity index (χ1) is 9.38. The molecule has 2 rings (SSSR count). The Bertz CT molecular complexity index is 455. The zero-order valence-corrected chi connectivity index (χ0v) is 11.9. The number of aliphatic hydroxyl groups excluding tert-OH is 1. The maximum Gasteiger partial charge on any atom is 0.0462 e. The summed E-state index contributed by atoms with van der Waals surface area (Å²) >= 11 is 1.86. The molecule has 2 heteroatoms. The number of benzene rings is 2. The van der Waals surface area contributed by atoms with Gasteiger partial charge in [-0.15, -0.1) is 11.8 Å². The summed E-state index contributed by atoms with van der Waals surface area (Å²) in [4.78, 5) is 1.30. The lowest BCUT2D eigenvalue weighted by molar-refractivity contribution is 0.223. The van der Waals surface area contributed by atoms with Gasteiger partial charge in [0.25, 0.3) is 0 Å². The van der Waals surface area contributed by atoms with Gasteiger partial charge in [0.1, 0.15) is 0 Å². The Hall–Kier alpha value is -1.25. The second-order valence-electron chi connectivity index (χ2n) is 4.69. The van der Waals surface area contributed by atoms with Gasteiger partial charge < -0.3 is 5.11 Å². The number of rotatable bonds is 7. The van der Waals surface area contributed by atoms with E-state index in [0.29, 0.717) is 5.92 Å². The molecule has 2 aromatic rings. The molecule has 100 valence electrons. The van der Waals surface area contributed by atoms with Gasteiger partial charge in [0.15, 0.2) is 0 Å². The summed E-state index contributed by atoms with van der Waals surface area (Å²) in [5.41, 5.74) is 1.31. The van der Waals surface area contributed by atoms with Gasteiger partial charge in [0.2, 0.25) is 0 Å². The first-order valence-electron chi connectivity index (χ1n) is 6.71. The van der Waals surface area contributed by atoms with E-state index in [4.69, 9.17) is 0 Å². The fourth-order valence-electron chi connectivity index (χ4n) is 2.07. The van der Waals surface area contributed by atoms with Crippen molar-refractivity contribution in [2.45, 2.75) is 17.7 Å². The molecule has 0 saturated heterocycles. The monoisotopic (exact) mass is 272 g/mol. The minimum atomic E-state index is 0.268. The van der Waals surface area contributed by atoms with Crippen molar-refractivity contribution >= 4 is 11.8 Å². The van der Waals surface area contributed by atoms with Gasteiger partial charge in [-0.05, 0) is 42.2 Å². The molecule has 1 atom stereocenters. The molecule has 19 heavy (non-hydrogen) atoms. The van der Waals surface area contributed by atoms with E-state index in [9.17, 15) is 5.11 Å². The van der Waals surface area contributed by atoms with Crippen LogP contribution in [0.25, 0.3) is 0 Å². The number of hydrogen-bond donors (Lipinski definition) is 1. The number of hydrogen-bond acceptors (Lipinski definition) is 2. The van der Waals surface area contributed by atoms with Gasteiger partial charge in [-0.3, -0.25) is 0 Å². The van der Waals surface area contributed by atoms with E-state index >= 15 is 0 Å². The normalized spacial score (nSPS) is 12.3. The molecule has 1 N–H and O–H groups in total. The van der Waals surface area contributed by atoms with Gasteiger partial charge in [-0.1, -0.05) is 48.5 Å². The average molecular weight is 272 g/mol. The van der Waals surface area contributed by atoms with Crippen molar-refractivity contribution < 1.29 is 5.11 Å². The molecule has 0 aromatic heterocycles. The Morgan fingerprint density at radius 2 is 1.53 bits per heavy atom.